The molecule has 5 heteroatoms. The number of rotatable bonds is 5. The average Bonchev–Trinajstić information content (AvgIpc) is 2.46. The van der Waals surface area contributed by atoms with Crippen LogP contribution in [0.4, 0.5) is 11.4 Å². The minimum absolute atomic E-state index is 0.0217. The summed E-state index contributed by atoms with van der Waals surface area (Å²) in [4.78, 5) is 22.9. The van der Waals surface area contributed by atoms with Gasteiger partial charge in [0.15, 0.2) is 5.78 Å². The number of Topliss-reactive ketones (excluding diaryl/α,β-unsaturated/α-hetero) is 1. The molecule has 2 rings (SSSR count). The normalized spacial score (nSPS) is 10.0. The van der Waals surface area contributed by atoms with E-state index in [0.717, 1.165) is 15.8 Å². The van der Waals surface area contributed by atoms with E-state index in [1.54, 1.807) is 24.3 Å². The second-order valence-corrected chi connectivity index (χ2v) is 5.46. The van der Waals surface area contributed by atoms with Crippen molar-refractivity contribution in [3.8, 4) is 0 Å². The lowest BCUT2D eigenvalue weighted by Crippen LogP contribution is -2.14. The van der Waals surface area contributed by atoms with Gasteiger partial charge in [-0.15, -0.1) is 0 Å². The van der Waals surface area contributed by atoms with Gasteiger partial charge in [-0.3, -0.25) is 9.59 Å². The Hall–Kier alpha value is -2.14. The van der Waals surface area contributed by atoms with Crippen molar-refractivity contribution in [2.24, 2.45) is 0 Å². The van der Waals surface area contributed by atoms with Gasteiger partial charge in [-0.05, 0) is 36.4 Å². The van der Waals surface area contributed by atoms with E-state index in [4.69, 9.17) is 0 Å². The van der Waals surface area contributed by atoms with Gasteiger partial charge in [-0.25, -0.2) is 0 Å². The van der Waals surface area contributed by atoms with Crippen LogP contribution in [0.3, 0.4) is 0 Å². The van der Waals surface area contributed by atoms with Crippen molar-refractivity contribution in [3.63, 3.8) is 0 Å². The first-order chi connectivity index (χ1) is 10.0. The summed E-state index contributed by atoms with van der Waals surface area (Å²) in [5.41, 5.74) is 2.22. The number of amides is 1. The summed E-state index contributed by atoms with van der Waals surface area (Å²) in [6.45, 7) is 1.68. The maximum atomic E-state index is 12.0. The van der Waals surface area contributed by atoms with E-state index in [1.807, 2.05) is 24.3 Å². The Morgan fingerprint density at radius 1 is 0.952 bits per heavy atom. The lowest BCUT2D eigenvalue weighted by atomic mass is 10.1. The quantitative estimate of drug-likeness (QED) is 0.811. The fraction of sp³-hybridized carbons (Fsp3) is 0.125. The molecule has 2 aromatic carbocycles. The average molecular weight is 347 g/mol. The molecule has 0 fully saturated rings. The fourth-order valence-corrected chi connectivity index (χ4v) is 2.06. The molecule has 0 aliphatic carbocycles. The van der Waals surface area contributed by atoms with Crippen LogP contribution in [0.2, 0.25) is 0 Å². The number of benzene rings is 2. The van der Waals surface area contributed by atoms with E-state index in [-0.39, 0.29) is 18.2 Å². The predicted molar refractivity (Wildman–Crippen MR) is 87.7 cm³/mol. The second kappa shape index (κ2) is 7.04. The molecule has 0 saturated heterocycles. The molecule has 0 radical (unpaired) electrons. The molecule has 21 heavy (non-hydrogen) atoms. The summed E-state index contributed by atoms with van der Waals surface area (Å²) < 4.78 is 0.945. The Kier molecular flexibility index (Phi) is 5.11. The highest BCUT2D eigenvalue weighted by molar-refractivity contribution is 9.10. The van der Waals surface area contributed by atoms with Crippen LogP contribution in [0.1, 0.15) is 17.3 Å². The number of nitrogens with one attached hydrogen (secondary N) is 2. The van der Waals surface area contributed by atoms with Crippen LogP contribution in [-0.2, 0) is 4.79 Å². The largest absolute Gasteiger partial charge is 0.378 e. The van der Waals surface area contributed by atoms with Crippen molar-refractivity contribution in [1.82, 2.24) is 0 Å². The van der Waals surface area contributed by atoms with Gasteiger partial charge >= 0.3 is 0 Å². The summed E-state index contributed by atoms with van der Waals surface area (Å²) in [6.07, 6.45) is 0. The van der Waals surface area contributed by atoms with Crippen molar-refractivity contribution < 1.29 is 9.59 Å². The molecule has 4 nitrogen and oxygen atoms in total. The van der Waals surface area contributed by atoms with Gasteiger partial charge < -0.3 is 10.6 Å². The maximum Gasteiger partial charge on any atom is 0.221 e. The first-order valence-electron chi connectivity index (χ1n) is 6.45. The van der Waals surface area contributed by atoms with Gasteiger partial charge in [-0.1, -0.05) is 28.1 Å². The lowest BCUT2D eigenvalue weighted by molar-refractivity contribution is -0.114. The highest BCUT2D eigenvalue weighted by Gasteiger charge is 2.05. The van der Waals surface area contributed by atoms with Crippen molar-refractivity contribution in [1.29, 1.82) is 0 Å². The van der Waals surface area contributed by atoms with Crippen molar-refractivity contribution in [2.75, 3.05) is 17.2 Å². The number of hydrogen-bond donors (Lipinski definition) is 2. The summed E-state index contributed by atoms with van der Waals surface area (Å²) >= 11 is 3.34. The minimum atomic E-state index is -0.110. The zero-order chi connectivity index (χ0) is 15.2. The zero-order valence-electron chi connectivity index (χ0n) is 11.5. The van der Waals surface area contributed by atoms with Gasteiger partial charge in [0, 0.05) is 28.3 Å². The number of halogens is 1. The van der Waals surface area contributed by atoms with Gasteiger partial charge in [0.05, 0.1) is 6.54 Å². The minimum Gasteiger partial charge on any atom is -0.378 e. The fourth-order valence-electron chi connectivity index (χ4n) is 1.79. The van der Waals surface area contributed by atoms with E-state index < -0.39 is 0 Å². The van der Waals surface area contributed by atoms with Gasteiger partial charge in [0.1, 0.15) is 0 Å². The van der Waals surface area contributed by atoms with Gasteiger partial charge in [0.25, 0.3) is 0 Å². The topological polar surface area (TPSA) is 58.2 Å². The van der Waals surface area contributed by atoms with Crippen LogP contribution < -0.4 is 10.6 Å². The molecule has 1 amide bonds. The standard InChI is InChI=1S/C16H15BrN2O2/c1-11(20)19-15-8-6-14(7-9-15)18-10-16(21)12-2-4-13(17)5-3-12/h2-9,18H,10H2,1H3,(H,19,20). The van der Waals surface area contributed by atoms with Crippen molar-refractivity contribution in [2.45, 2.75) is 6.92 Å². The Balaban J connectivity index is 1.92. The van der Waals surface area contributed by atoms with E-state index >= 15 is 0 Å². The molecule has 0 aliphatic heterocycles. The number of anilines is 2. The second-order valence-electron chi connectivity index (χ2n) is 4.54. The van der Waals surface area contributed by atoms with Crippen LogP contribution in [0.15, 0.2) is 53.0 Å². The number of carbonyl (C=O) groups excluding carboxylic acids is 2. The molecular weight excluding hydrogens is 332 g/mol. The lowest BCUT2D eigenvalue weighted by Gasteiger charge is -2.07. The van der Waals surface area contributed by atoms with Crippen LogP contribution in [0.5, 0.6) is 0 Å². The molecule has 0 bridgehead atoms. The summed E-state index contributed by atoms with van der Waals surface area (Å²) in [5.74, 6) is -0.0884. The molecule has 0 saturated carbocycles. The third-order valence-corrected chi connectivity index (χ3v) is 3.35. The van der Waals surface area contributed by atoms with Crippen molar-refractivity contribution in [3.05, 3.63) is 58.6 Å². The molecule has 0 spiro atoms. The first-order valence-corrected chi connectivity index (χ1v) is 7.24. The highest BCUT2D eigenvalue weighted by atomic mass is 79.9. The van der Waals surface area contributed by atoms with Crippen LogP contribution in [0.25, 0.3) is 0 Å². The monoisotopic (exact) mass is 346 g/mol. The maximum absolute atomic E-state index is 12.0. The molecule has 0 atom stereocenters. The van der Waals surface area contributed by atoms with Crippen LogP contribution in [0, 0.1) is 0 Å². The Bertz CT molecular complexity index is 636. The molecule has 0 unspecified atom stereocenters. The zero-order valence-corrected chi connectivity index (χ0v) is 13.1. The van der Waals surface area contributed by atoms with E-state index in [9.17, 15) is 9.59 Å². The number of hydrogen-bond acceptors (Lipinski definition) is 3. The number of carbonyl (C=O) groups is 2. The van der Waals surface area contributed by atoms with Crippen molar-refractivity contribution >= 4 is 39.0 Å². The number of ketones is 1. The van der Waals surface area contributed by atoms with E-state index in [0.29, 0.717) is 5.56 Å². The molecule has 0 aromatic heterocycles. The van der Waals surface area contributed by atoms with Gasteiger partial charge in [0.2, 0.25) is 5.91 Å². The Morgan fingerprint density at radius 3 is 2.10 bits per heavy atom. The third-order valence-electron chi connectivity index (χ3n) is 2.82. The SMILES string of the molecule is CC(=O)Nc1ccc(NCC(=O)c2ccc(Br)cc2)cc1. The predicted octanol–water partition coefficient (Wildman–Crippen LogP) is 3.70. The summed E-state index contributed by atoms with van der Waals surface area (Å²) in [6, 6.07) is 14.5. The first kappa shape index (κ1) is 15.3. The molecule has 2 N–H and O–H groups in total. The Morgan fingerprint density at radius 2 is 1.52 bits per heavy atom. The molecule has 0 heterocycles. The smallest absolute Gasteiger partial charge is 0.221 e. The third kappa shape index (κ3) is 4.72. The van der Waals surface area contributed by atoms with Crippen LogP contribution in [-0.4, -0.2) is 18.2 Å². The molecular formula is C16H15BrN2O2. The molecule has 108 valence electrons. The van der Waals surface area contributed by atoms with E-state index in [2.05, 4.69) is 26.6 Å². The molecule has 0 aliphatic rings. The van der Waals surface area contributed by atoms with Gasteiger partial charge in [-0.2, -0.15) is 0 Å². The molecule has 2 aromatic rings. The summed E-state index contributed by atoms with van der Waals surface area (Å²) in [7, 11) is 0. The van der Waals surface area contributed by atoms with Crippen LogP contribution >= 0.6 is 15.9 Å². The summed E-state index contributed by atoms with van der Waals surface area (Å²) in [5, 5.41) is 5.75. The Labute approximate surface area is 131 Å². The van der Waals surface area contributed by atoms with E-state index in [1.165, 1.54) is 6.92 Å². The highest BCUT2D eigenvalue weighted by Crippen LogP contribution is 2.14.